The highest BCUT2D eigenvalue weighted by Crippen LogP contribution is 2.26. The van der Waals surface area contributed by atoms with E-state index in [0.717, 1.165) is 57.9 Å². The van der Waals surface area contributed by atoms with Crippen molar-refractivity contribution >= 4 is 11.6 Å². The van der Waals surface area contributed by atoms with Crippen LogP contribution in [0.15, 0.2) is 16.5 Å². The van der Waals surface area contributed by atoms with Gasteiger partial charge in [0, 0.05) is 19.6 Å². The lowest BCUT2D eigenvalue weighted by molar-refractivity contribution is -0.0439. The summed E-state index contributed by atoms with van der Waals surface area (Å²) in [6.45, 7) is 5.76. The van der Waals surface area contributed by atoms with Crippen molar-refractivity contribution in [2.45, 2.75) is 37.8 Å². The molecule has 0 aromatic carbocycles. The monoisotopic (exact) mass is 298 g/mol. The maximum absolute atomic E-state index is 10.7. The SMILES string of the molecule is OC1(CN2CCCC2)CCN(Cc2ccc(Cl)o2)CC1. The van der Waals surface area contributed by atoms with Crippen LogP contribution in [0.25, 0.3) is 0 Å². The summed E-state index contributed by atoms with van der Waals surface area (Å²) in [5.74, 6) is 0.903. The molecular weight excluding hydrogens is 276 g/mol. The van der Waals surface area contributed by atoms with Gasteiger partial charge in [-0.25, -0.2) is 0 Å². The van der Waals surface area contributed by atoms with Crippen LogP contribution in [0, 0.1) is 0 Å². The Kier molecular flexibility index (Phi) is 4.36. The number of furan rings is 1. The highest BCUT2D eigenvalue weighted by molar-refractivity contribution is 6.28. The van der Waals surface area contributed by atoms with Crippen molar-refractivity contribution < 1.29 is 9.52 Å². The molecule has 112 valence electrons. The number of rotatable bonds is 4. The van der Waals surface area contributed by atoms with E-state index in [1.807, 2.05) is 6.07 Å². The maximum Gasteiger partial charge on any atom is 0.193 e. The summed E-state index contributed by atoms with van der Waals surface area (Å²) < 4.78 is 5.40. The number of nitrogens with zero attached hydrogens (tertiary/aromatic N) is 2. The second kappa shape index (κ2) is 6.06. The van der Waals surface area contributed by atoms with Gasteiger partial charge in [-0.05, 0) is 62.5 Å². The summed E-state index contributed by atoms with van der Waals surface area (Å²) in [6, 6.07) is 3.71. The van der Waals surface area contributed by atoms with Gasteiger partial charge >= 0.3 is 0 Å². The van der Waals surface area contributed by atoms with Gasteiger partial charge in [0.15, 0.2) is 5.22 Å². The highest BCUT2D eigenvalue weighted by atomic mass is 35.5. The van der Waals surface area contributed by atoms with Crippen molar-refractivity contribution in [3.8, 4) is 0 Å². The van der Waals surface area contributed by atoms with Crippen molar-refractivity contribution in [2.75, 3.05) is 32.7 Å². The van der Waals surface area contributed by atoms with Crippen LogP contribution in [0.2, 0.25) is 5.22 Å². The van der Waals surface area contributed by atoms with Crippen LogP contribution in [0.3, 0.4) is 0 Å². The number of hydrogen-bond donors (Lipinski definition) is 1. The molecule has 3 rings (SSSR count). The minimum absolute atomic E-state index is 0.447. The molecule has 0 bridgehead atoms. The predicted octanol–water partition coefficient (Wildman–Crippen LogP) is 2.36. The summed E-state index contributed by atoms with van der Waals surface area (Å²) in [5.41, 5.74) is -0.498. The number of β-amino-alcohol motifs (C(OH)–C–C–N with tert-alkyl or cyclic N) is 1. The Morgan fingerprint density at radius 2 is 1.80 bits per heavy atom. The molecule has 2 aliphatic rings. The Morgan fingerprint density at radius 3 is 2.40 bits per heavy atom. The number of piperidine rings is 1. The zero-order valence-corrected chi connectivity index (χ0v) is 12.6. The normalized spacial score (nSPS) is 24.3. The zero-order valence-electron chi connectivity index (χ0n) is 11.9. The van der Waals surface area contributed by atoms with E-state index in [-0.39, 0.29) is 0 Å². The van der Waals surface area contributed by atoms with Gasteiger partial charge in [0.1, 0.15) is 5.76 Å². The predicted molar refractivity (Wildman–Crippen MR) is 78.9 cm³/mol. The first-order valence-corrected chi connectivity index (χ1v) is 7.92. The van der Waals surface area contributed by atoms with Gasteiger partial charge in [-0.1, -0.05) is 0 Å². The van der Waals surface area contributed by atoms with Gasteiger partial charge in [0.25, 0.3) is 0 Å². The van der Waals surface area contributed by atoms with E-state index in [4.69, 9.17) is 16.0 Å². The molecule has 0 radical (unpaired) electrons. The van der Waals surface area contributed by atoms with E-state index in [1.54, 1.807) is 6.07 Å². The van der Waals surface area contributed by atoms with E-state index >= 15 is 0 Å². The van der Waals surface area contributed by atoms with Crippen LogP contribution in [0.1, 0.15) is 31.4 Å². The first-order chi connectivity index (χ1) is 9.63. The molecule has 0 atom stereocenters. The average Bonchev–Trinajstić information content (AvgIpc) is 3.05. The molecule has 1 aromatic rings. The molecule has 0 unspecified atom stereocenters. The third-order valence-electron chi connectivity index (χ3n) is 4.51. The maximum atomic E-state index is 10.7. The summed E-state index contributed by atoms with van der Waals surface area (Å²) in [7, 11) is 0. The molecule has 5 heteroatoms. The molecule has 1 aromatic heterocycles. The molecule has 0 spiro atoms. The quantitative estimate of drug-likeness (QED) is 0.926. The van der Waals surface area contributed by atoms with E-state index in [0.29, 0.717) is 5.22 Å². The molecule has 20 heavy (non-hydrogen) atoms. The summed E-state index contributed by atoms with van der Waals surface area (Å²) >= 11 is 5.79. The molecule has 2 aliphatic heterocycles. The number of halogens is 1. The summed E-state index contributed by atoms with van der Waals surface area (Å²) in [6.07, 6.45) is 4.25. The van der Waals surface area contributed by atoms with Crippen molar-refractivity contribution in [1.82, 2.24) is 9.80 Å². The Balaban J connectivity index is 1.48. The highest BCUT2D eigenvalue weighted by Gasteiger charge is 2.34. The van der Waals surface area contributed by atoms with Crippen LogP contribution in [0.5, 0.6) is 0 Å². The third kappa shape index (κ3) is 3.55. The second-order valence-corrected chi connectivity index (χ2v) is 6.56. The zero-order chi connectivity index (χ0) is 14.0. The third-order valence-corrected chi connectivity index (χ3v) is 4.71. The molecular formula is C15H23ClN2O2. The Labute approximate surface area is 125 Å². The molecule has 0 amide bonds. The van der Waals surface area contributed by atoms with Crippen LogP contribution >= 0.6 is 11.6 Å². The summed E-state index contributed by atoms with van der Waals surface area (Å²) in [4.78, 5) is 4.73. The van der Waals surface area contributed by atoms with Gasteiger partial charge in [0.2, 0.25) is 0 Å². The fraction of sp³-hybridized carbons (Fsp3) is 0.733. The Bertz CT molecular complexity index is 435. The van der Waals surface area contributed by atoms with E-state index < -0.39 is 5.60 Å². The van der Waals surface area contributed by atoms with Gasteiger partial charge in [0.05, 0.1) is 12.1 Å². The standard InChI is InChI=1S/C15H23ClN2O2/c16-14-4-3-13(20-14)11-17-9-5-15(19,6-10-17)12-18-7-1-2-8-18/h3-4,19H,1-2,5-12H2. The van der Waals surface area contributed by atoms with E-state index in [2.05, 4.69) is 9.80 Å². The minimum atomic E-state index is -0.498. The van der Waals surface area contributed by atoms with Crippen molar-refractivity contribution in [3.63, 3.8) is 0 Å². The van der Waals surface area contributed by atoms with Crippen molar-refractivity contribution in [1.29, 1.82) is 0 Å². The van der Waals surface area contributed by atoms with Gasteiger partial charge in [-0.3, -0.25) is 4.90 Å². The number of likely N-dealkylation sites (tertiary alicyclic amines) is 2. The first-order valence-electron chi connectivity index (χ1n) is 7.54. The molecule has 1 N–H and O–H groups in total. The van der Waals surface area contributed by atoms with Crippen LogP contribution in [-0.4, -0.2) is 53.2 Å². The average molecular weight is 299 g/mol. The molecule has 0 aliphatic carbocycles. The second-order valence-electron chi connectivity index (χ2n) is 6.19. The lowest BCUT2D eigenvalue weighted by Gasteiger charge is -2.40. The first kappa shape index (κ1) is 14.4. The van der Waals surface area contributed by atoms with Crippen LogP contribution in [-0.2, 0) is 6.54 Å². The van der Waals surface area contributed by atoms with E-state index in [1.165, 1.54) is 12.8 Å². The molecule has 3 heterocycles. The van der Waals surface area contributed by atoms with Crippen molar-refractivity contribution in [2.24, 2.45) is 0 Å². The summed E-state index contributed by atoms with van der Waals surface area (Å²) in [5, 5.41) is 11.2. The van der Waals surface area contributed by atoms with E-state index in [9.17, 15) is 5.11 Å². The Morgan fingerprint density at radius 1 is 1.10 bits per heavy atom. The molecule has 4 nitrogen and oxygen atoms in total. The molecule has 2 saturated heterocycles. The lowest BCUT2D eigenvalue weighted by Crippen LogP contribution is -2.50. The molecule has 0 saturated carbocycles. The molecule has 2 fully saturated rings. The largest absolute Gasteiger partial charge is 0.448 e. The fourth-order valence-corrected chi connectivity index (χ4v) is 3.46. The van der Waals surface area contributed by atoms with Crippen molar-refractivity contribution in [3.05, 3.63) is 23.1 Å². The van der Waals surface area contributed by atoms with Gasteiger partial charge in [-0.2, -0.15) is 0 Å². The smallest absolute Gasteiger partial charge is 0.193 e. The van der Waals surface area contributed by atoms with Crippen LogP contribution < -0.4 is 0 Å². The Hall–Kier alpha value is -0.550. The fourth-order valence-electron chi connectivity index (χ4n) is 3.30. The number of hydrogen-bond acceptors (Lipinski definition) is 4. The van der Waals surface area contributed by atoms with Gasteiger partial charge < -0.3 is 14.4 Å². The van der Waals surface area contributed by atoms with Gasteiger partial charge in [-0.15, -0.1) is 0 Å². The van der Waals surface area contributed by atoms with Crippen LogP contribution in [0.4, 0.5) is 0 Å². The topological polar surface area (TPSA) is 39.9 Å². The minimum Gasteiger partial charge on any atom is -0.448 e. The lowest BCUT2D eigenvalue weighted by atomic mass is 9.91. The number of aliphatic hydroxyl groups is 1.